The van der Waals surface area contributed by atoms with Crippen LogP contribution < -0.4 is 5.32 Å². The lowest BCUT2D eigenvalue weighted by Crippen LogP contribution is -2.38. The number of hydrogen-bond donors (Lipinski definition) is 1. The van der Waals surface area contributed by atoms with Crippen LogP contribution in [0.15, 0.2) is 46.7 Å². The number of sulfonamides is 1. The summed E-state index contributed by atoms with van der Waals surface area (Å²) in [6.45, 7) is 4.40. The van der Waals surface area contributed by atoms with E-state index in [0.717, 1.165) is 11.3 Å². The summed E-state index contributed by atoms with van der Waals surface area (Å²) in [4.78, 5) is 26.6. The monoisotopic (exact) mass is 429 g/mol. The zero-order valence-electron chi connectivity index (χ0n) is 16.8. The lowest BCUT2D eigenvalue weighted by atomic mass is 9.96. The van der Waals surface area contributed by atoms with Gasteiger partial charge in [-0.2, -0.15) is 4.31 Å². The third-order valence-electron chi connectivity index (χ3n) is 5.27. The van der Waals surface area contributed by atoms with E-state index in [0.29, 0.717) is 18.7 Å². The normalized spacial score (nSPS) is 21.5. The Morgan fingerprint density at radius 1 is 1.27 bits per heavy atom. The number of amides is 1. The van der Waals surface area contributed by atoms with Crippen molar-refractivity contribution in [3.8, 4) is 0 Å². The van der Waals surface area contributed by atoms with Gasteiger partial charge in [0.2, 0.25) is 10.0 Å². The fourth-order valence-corrected chi connectivity index (χ4v) is 5.20. The highest BCUT2D eigenvalue weighted by atomic mass is 32.2. The highest BCUT2D eigenvalue weighted by Gasteiger charge is 2.49. The fraction of sp³-hybridized carbons (Fsp3) is 0.400. The van der Waals surface area contributed by atoms with Crippen molar-refractivity contribution >= 4 is 21.6 Å². The summed E-state index contributed by atoms with van der Waals surface area (Å²) in [5.41, 5.74) is 1.77. The molecule has 1 aromatic carbocycles. The molecular formula is C20H23N5O4S. The van der Waals surface area contributed by atoms with E-state index < -0.39 is 15.6 Å². The molecule has 9 nitrogen and oxygen atoms in total. The molecule has 10 heteroatoms. The van der Waals surface area contributed by atoms with Gasteiger partial charge in [-0.15, -0.1) is 0 Å². The highest BCUT2D eigenvalue weighted by Crippen LogP contribution is 2.36. The van der Waals surface area contributed by atoms with Gasteiger partial charge in [0, 0.05) is 25.6 Å². The van der Waals surface area contributed by atoms with Gasteiger partial charge in [-0.3, -0.25) is 14.8 Å². The molecule has 1 N–H and O–H groups in total. The van der Waals surface area contributed by atoms with Crippen LogP contribution in [0.5, 0.6) is 0 Å². The number of carbonyl (C=O) groups is 1. The molecule has 30 heavy (non-hydrogen) atoms. The van der Waals surface area contributed by atoms with Crippen molar-refractivity contribution in [1.29, 1.82) is 0 Å². The number of aromatic nitrogens is 2. The molecule has 1 unspecified atom stereocenters. The first-order valence-corrected chi connectivity index (χ1v) is 11.1. The van der Waals surface area contributed by atoms with E-state index in [9.17, 15) is 13.2 Å². The zero-order chi connectivity index (χ0) is 21.4. The Labute approximate surface area is 175 Å². The van der Waals surface area contributed by atoms with E-state index >= 15 is 0 Å². The van der Waals surface area contributed by atoms with Crippen molar-refractivity contribution in [3.63, 3.8) is 0 Å². The first-order valence-electron chi connectivity index (χ1n) is 9.65. The number of hydrogen-bond acceptors (Lipinski definition) is 7. The van der Waals surface area contributed by atoms with Gasteiger partial charge in [0.25, 0.3) is 5.91 Å². The SMILES string of the molecule is Cc1cccc(S(=O)(=O)N2CCC3(CC(C(=O)NCc4cnc(C)cn4)=NO3)C2)c1. The summed E-state index contributed by atoms with van der Waals surface area (Å²) in [5, 5.41) is 6.70. The number of nitrogens with zero attached hydrogens (tertiary/aromatic N) is 4. The van der Waals surface area contributed by atoms with Crippen molar-refractivity contribution in [1.82, 2.24) is 19.6 Å². The lowest BCUT2D eigenvalue weighted by molar-refractivity contribution is -0.115. The minimum absolute atomic E-state index is 0.160. The van der Waals surface area contributed by atoms with E-state index in [1.165, 1.54) is 4.31 Å². The molecule has 1 aromatic heterocycles. The second-order valence-electron chi connectivity index (χ2n) is 7.73. The number of oxime groups is 1. The number of rotatable bonds is 5. The van der Waals surface area contributed by atoms with Crippen LogP contribution in [0.1, 0.15) is 29.8 Å². The summed E-state index contributed by atoms with van der Waals surface area (Å²) < 4.78 is 27.3. The molecule has 1 saturated heterocycles. The van der Waals surface area contributed by atoms with E-state index in [4.69, 9.17) is 4.84 Å². The molecule has 0 saturated carbocycles. The summed E-state index contributed by atoms with van der Waals surface area (Å²) in [6.07, 6.45) is 3.98. The van der Waals surface area contributed by atoms with Gasteiger partial charge < -0.3 is 10.2 Å². The van der Waals surface area contributed by atoms with Gasteiger partial charge in [0.1, 0.15) is 5.71 Å². The highest BCUT2D eigenvalue weighted by molar-refractivity contribution is 7.89. The van der Waals surface area contributed by atoms with Crippen LogP contribution in [0.3, 0.4) is 0 Å². The maximum Gasteiger partial charge on any atom is 0.269 e. The minimum Gasteiger partial charge on any atom is -0.387 e. The first-order chi connectivity index (χ1) is 14.3. The maximum atomic E-state index is 13.0. The summed E-state index contributed by atoms with van der Waals surface area (Å²) in [7, 11) is -3.63. The zero-order valence-corrected chi connectivity index (χ0v) is 17.6. The number of benzene rings is 1. The van der Waals surface area contributed by atoms with Crippen LogP contribution >= 0.6 is 0 Å². The van der Waals surface area contributed by atoms with Gasteiger partial charge in [0.15, 0.2) is 5.60 Å². The van der Waals surface area contributed by atoms with Crippen LogP contribution in [0.4, 0.5) is 0 Å². The van der Waals surface area contributed by atoms with Crippen LogP contribution in [0.25, 0.3) is 0 Å². The Kier molecular flexibility index (Phi) is 5.29. The Bertz CT molecular complexity index is 1100. The van der Waals surface area contributed by atoms with E-state index in [1.54, 1.807) is 30.6 Å². The molecular weight excluding hydrogens is 406 g/mol. The molecule has 2 aliphatic heterocycles. The van der Waals surface area contributed by atoms with Crippen LogP contribution in [-0.2, 0) is 26.2 Å². The van der Waals surface area contributed by atoms with Gasteiger partial charge in [-0.05, 0) is 31.5 Å². The van der Waals surface area contributed by atoms with Crippen molar-refractivity contribution in [3.05, 3.63) is 53.6 Å². The molecule has 1 fully saturated rings. The average Bonchev–Trinajstić information content (AvgIpc) is 3.35. The predicted octanol–water partition coefficient (Wildman–Crippen LogP) is 1.32. The molecule has 1 amide bonds. The maximum absolute atomic E-state index is 13.0. The lowest BCUT2D eigenvalue weighted by Gasteiger charge is -2.21. The smallest absolute Gasteiger partial charge is 0.269 e. The van der Waals surface area contributed by atoms with E-state index in [1.807, 2.05) is 19.9 Å². The van der Waals surface area contributed by atoms with Crippen molar-refractivity contribution in [2.75, 3.05) is 13.1 Å². The Balaban J connectivity index is 1.37. The van der Waals surface area contributed by atoms with Gasteiger partial charge in [-0.25, -0.2) is 8.42 Å². The molecule has 0 bridgehead atoms. The van der Waals surface area contributed by atoms with Crippen LogP contribution in [0, 0.1) is 13.8 Å². The largest absolute Gasteiger partial charge is 0.387 e. The predicted molar refractivity (Wildman–Crippen MR) is 109 cm³/mol. The second kappa shape index (κ2) is 7.77. The molecule has 0 aliphatic carbocycles. The molecule has 2 aliphatic rings. The van der Waals surface area contributed by atoms with Crippen LogP contribution in [-0.4, -0.2) is 53.0 Å². The number of carbonyl (C=O) groups excluding carboxylic acids is 1. The van der Waals surface area contributed by atoms with Crippen LogP contribution in [0.2, 0.25) is 0 Å². The Hall–Kier alpha value is -2.85. The minimum atomic E-state index is -3.63. The summed E-state index contributed by atoms with van der Waals surface area (Å²) in [6, 6.07) is 6.82. The standard InChI is InChI=1S/C20H23N5O4S/c1-14-4-3-5-17(8-14)30(27,28)25-7-6-20(13-25)9-18(24-29-20)19(26)23-12-16-11-21-15(2)10-22-16/h3-5,8,10-11H,6-7,9,12-13H2,1-2H3,(H,23,26). The number of nitrogens with one attached hydrogen (secondary N) is 1. The van der Waals surface area contributed by atoms with Crippen molar-refractivity contribution < 1.29 is 18.0 Å². The third kappa shape index (κ3) is 4.05. The van der Waals surface area contributed by atoms with Gasteiger partial charge >= 0.3 is 0 Å². The Morgan fingerprint density at radius 3 is 2.83 bits per heavy atom. The van der Waals surface area contributed by atoms with Crippen molar-refractivity contribution in [2.45, 2.75) is 43.7 Å². The quantitative estimate of drug-likeness (QED) is 0.767. The Morgan fingerprint density at radius 2 is 2.10 bits per heavy atom. The molecule has 2 aromatic rings. The topological polar surface area (TPSA) is 114 Å². The molecule has 0 radical (unpaired) electrons. The summed E-state index contributed by atoms with van der Waals surface area (Å²) >= 11 is 0. The molecule has 3 heterocycles. The first kappa shape index (κ1) is 20.4. The third-order valence-corrected chi connectivity index (χ3v) is 7.12. The van der Waals surface area contributed by atoms with E-state index in [-0.39, 0.29) is 36.0 Å². The molecule has 1 spiro atoms. The average molecular weight is 430 g/mol. The van der Waals surface area contributed by atoms with E-state index in [2.05, 4.69) is 20.4 Å². The number of aryl methyl sites for hydroxylation is 2. The van der Waals surface area contributed by atoms with Gasteiger partial charge in [-0.1, -0.05) is 17.3 Å². The second-order valence-corrected chi connectivity index (χ2v) is 9.66. The molecule has 158 valence electrons. The van der Waals surface area contributed by atoms with Gasteiger partial charge in [0.05, 0.1) is 35.6 Å². The summed E-state index contributed by atoms with van der Waals surface area (Å²) in [5.74, 6) is -0.353. The molecule has 1 atom stereocenters. The molecule has 4 rings (SSSR count). The fourth-order valence-electron chi connectivity index (χ4n) is 3.58. The van der Waals surface area contributed by atoms with Crippen molar-refractivity contribution in [2.24, 2.45) is 5.16 Å².